The van der Waals surface area contributed by atoms with Crippen molar-refractivity contribution in [2.45, 2.75) is 31.6 Å². The van der Waals surface area contributed by atoms with Gasteiger partial charge in [-0.2, -0.15) is 5.48 Å². The summed E-state index contributed by atoms with van der Waals surface area (Å²) in [6.45, 7) is 2.43. The van der Waals surface area contributed by atoms with Crippen LogP contribution in [0, 0.1) is 0 Å². The summed E-state index contributed by atoms with van der Waals surface area (Å²) in [7, 11) is 3.40. The van der Waals surface area contributed by atoms with Gasteiger partial charge in [-0.05, 0) is 18.9 Å². The van der Waals surface area contributed by atoms with Crippen LogP contribution in [0.2, 0.25) is 0 Å². The number of ether oxygens (including phenoxy) is 1. The monoisotopic (exact) mass is 481 g/mol. The third-order valence-corrected chi connectivity index (χ3v) is 6.62. The van der Waals surface area contributed by atoms with E-state index in [4.69, 9.17) is 20.3 Å². The third-order valence-electron chi connectivity index (χ3n) is 5.76. The molecule has 8 nitrogen and oxygen atoms in total. The first-order chi connectivity index (χ1) is 16.7. The highest BCUT2D eigenvalue weighted by molar-refractivity contribution is 7.96. The third kappa shape index (κ3) is 5.68. The van der Waals surface area contributed by atoms with Gasteiger partial charge in [-0.1, -0.05) is 48.3 Å². The van der Waals surface area contributed by atoms with Crippen LogP contribution in [0.4, 0.5) is 11.5 Å². The molecule has 4 rings (SSSR count). The molecule has 0 saturated carbocycles. The first kappa shape index (κ1) is 24.4. The summed E-state index contributed by atoms with van der Waals surface area (Å²) in [4.78, 5) is 14.6. The molecule has 2 heterocycles. The van der Waals surface area contributed by atoms with Crippen molar-refractivity contribution < 1.29 is 15.1 Å². The van der Waals surface area contributed by atoms with Gasteiger partial charge in [0.15, 0.2) is 11.5 Å². The summed E-state index contributed by atoms with van der Waals surface area (Å²) in [5.41, 5.74) is 13.2. The number of rotatable bonds is 13. The van der Waals surface area contributed by atoms with E-state index in [1.165, 1.54) is 5.56 Å². The maximum atomic E-state index is 6.28. The number of methoxy groups -OCH3 is 1. The summed E-state index contributed by atoms with van der Waals surface area (Å²) in [5, 5.41) is 1.09. The van der Waals surface area contributed by atoms with Crippen molar-refractivity contribution in [3.05, 3.63) is 59.9 Å². The van der Waals surface area contributed by atoms with Crippen molar-refractivity contribution in [2.75, 3.05) is 33.1 Å². The number of pyridine rings is 1. The number of nitrogens with zero attached hydrogens (tertiary/aromatic N) is 3. The molecule has 2 aromatic heterocycles. The van der Waals surface area contributed by atoms with Crippen LogP contribution in [0.3, 0.4) is 0 Å². The lowest BCUT2D eigenvalue weighted by atomic mass is 10.2. The highest BCUT2D eigenvalue weighted by Crippen LogP contribution is 2.29. The number of nitrogens with one attached hydrogen (secondary N) is 1. The number of aryl methyl sites for hydroxylation is 1. The fourth-order valence-corrected chi connectivity index (χ4v) is 4.91. The van der Waals surface area contributed by atoms with E-state index < -0.39 is 0 Å². The van der Waals surface area contributed by atoms with Crippen LogP contribution in [0.25, 0.3) is 21.9 Å². The maximum Gasteiger partial charge on any atom is 0.166 e. The summed E-state index contributed by atoms with van der Waals surface area (Å²) in [5.74, 6) is 2.37. The quantitative estimate of drug-likeness (QED) is 0.116. The minimum atomic E-state index is 0.482. The van der Waals surface area contributed by atoms with Crippen molar-refractivity contribution in [3.8, 4) is 0 Å². The molecular weight excluding hydrogens is 448 g/mol. The van der Waals surface area contributed by atoms with Crippen LogP contribution in [0.15, 0.2) is 48.5 Å². The predicted molar refractivity (Wildman–Crippen MR) is 139 cm³/mol. The number of benzene rings is 2. The van der Waals surface area contributed by atoms with E-state index in [1.54, 1.807) is 31.6 Å². The molecule has 34 heavy (non-hydrogen) atoms. The normalized spacial score (nSPS) is 11.6. The number of nitrogen functional groups attached to an aromatic ring is 1. The lowest BCUT2D eigenvalue weighted by molar-refractivity contribution is -0.830. The fraction of sp³-hybridized carbons (Fsp3) is 0.360. The van der Waals surface area contributed by atoms with Crippen LogP contribution >= 0.6 is 11.9 Å². The molecule has 180 valence electrons. The topological polar surface area (TPSA) is 104 Å². The van der Waals surface area contributed by atoms with E-state index in [0.29, 0.717) is 12.4 Å². The van der Waals surface area contributed by atoms with Crippen LogP contribution in [0.1, 0.15) is 24.2 Å². The molecule has 0 bridgehead atoms. The molecule has 0 aliphatic rings. The van der Waals surface area contributed by atoms with Gasteiger partial charge in [-0.15, -0.1) is 0 Å². The van der Waals surface area contributed by atoms with Crippen molar-refractivity contribution >= 4 is 45.4 Å². The van der Waals surface area contributed by atoms with E-state index >= 15 is 0 Å². The second-order valence-electron chi connectivity index (χ2n) is 8.08. The smallest absolute Gasteiger partial charge is 0.166 e. The molecule has 5 N–H and O–H groups in total. The second kappa shape index (κ2) is 12.1. The minimum absolute atomic E-state index is 0.482. The Morgan fingerprint density at radius 2 is 1.88 bits per heavy atom. The molecule has 0 saturated heterocycles. The highest BCUT2D eigenvalue weighted by Gasteiger charge is 2.17. The van der Waals surface area contributed by atoms with Gasteiger partial charge in [0.1, 0.15) is 11.3 Å². The van der Waals surface area contributed by atoms with Crippen molar-refractivity contribution in [1.29, 1.82) is 0 Å². The van der Waals surface area contributed by atoms with E-state index in [9.17, 15) is 0 Å². The zero-order valence-corrected chi connectivity index (χ0v) is 20.6. The van der Waals surface area contributed by atoms with Crippen molar-refractivity contribution in [3.63, 3.8) is 0 Å². The maximum absolute atomic E-state index is 6.28. The number of imidazole rings is 1. The SMILES string of the molecule is COCCc1nc2c(N)nc3ccccc3c2n1CCCCNSCc1ccccc1[NH2+]OC. The second-order valence-corrected chi connectivity index (χ2v) is 8.94. The standard InChI is InChI=1S/C25H32N6O2S/c1-32-16-13-22-29-23-24(19-10-4-6-12-21(19)28-25(23)26)31(22)15-8-7-14-27-34-17-18-9-3-5-11-20(18)30-33-2/h3-6,9-12,27,30H,7-8,13-17H2,1-2H3,(H2,26,28)/p+1. The molecule has 0 amide bonds. The fourth-order valence-electron chi connectivity index (χ4n) is 4.11. The zero-order valence-electron chi connectivity index (χ0n) is 19.8. The van der Waals surface area contributed by atoms with Gasteiger partial charge < -0.3 is 15.0 Å². The molecule has 4 aromatic rings. The highest BCUT2D eigenvalue weighted by atomic mass is 32.2. The van der Waals surface area contributed by atoms with Gasteiger partial charge in [-0.3, -0.25) is 4.72 Å². The Morgan fingerprint density at radius 1 is 1.06 bits per heavy atom. The molecular formula is C25H33N6O2S+. The number of para-hydroxylation sites is 1. The minimum Gasteiger partial charge on any atom is -0.384 e. The van der Waals surface area contributed by atoms with Gasteiger partial charge >= 0.3 is 0 Å². The lowest BCUT2D eigenvalue weighted by Gasteiger charge is -2.11. The number of fused-ring (bicyclic) bond motifs is 3. The van der Waals surface area contributed by atoms with Gasteiger partial charge in [-0.25, -0.2) is 14.8 Å². The van der Waals surface area contributed by atoms with Gasteiger partial charge in [0.2, 0.25) is 0 Å². The number of aromatic nitrogens is 3. The van der Waals surface area contributed by atoms with Crippen LogP contribution in [-0.2, 0) is 28.3 Å². The molecule has 0 aliphatic carbocycles. The van der Waals surface area contributed by atoms with E-state index in [0.717, 1.165) is 71.6 Å². The lowest BCUT2D eigenvalue weighted by Crippen LogP contribution is -2.76. The average molecular weight is 482 g/mol. The van der Waals surface area contributed by atoms with Gasteiger partial charge in [0.25, 0.3) is 0 Å². The number of unbranched alkanes of at least 4 members (excludes halogenated alkanes) is 1. The Hall–Kier alpha value is -2.69. The number of hydrogen-bond donors (Lipinski definition) is 3. The molecule has 0 unspecified atom stereocenters. The largest absolute Gasteiger partial charge is 0.384 e. The van der Waals surface area contributed by atoms with Crippen molar-refractivity contribution in [1.82, 2.24) is 19.3 Å². The van der Waals surface area contributed by atoms with E-state index in [2.05, 4.69) is 38.5 Å². The van der Waals surface area contributed by atoms with Crippen LogP contribution in [-0.4, -0.2) is 41.9 Å². The van der Waals surface area contributed by atoms with Crippen LogP contribution < -0.4 is 15.9 Å². The summed E-state index contributed by atoms with van der Waals surface area (Å²) in [6, 6.07) is 16.4. The van der Waals surface area contributed by atoms with Gasteiger partial charge in [0.05, 0.1) is 24.8 Å². The zero-order chi connectivity index (χ0) is 23.8. The Bertz CT molecular complexity index is 1230. The summed E-state index contributed by atoms with van der Waals surface area (Å²) < 4.78 is 11.1. The van der Waals surface area contributed by atoms with Crippen LogP contribution in [0.5, 0.6) is 0 Å². The Kier molecular flexibility index (Phi) is 8.73. The first-order valence-electron chi connectivity index (χ1n) is 11.5. The predicted octanol–water partition coefficient (Wildman–Crippen LogP) is 3.33. The Labute approximate surface area is 204 Å². The molecule has 0 spiro atoms. The average Bonchev–Trinajstić information content (AvgIpc) is 3.22. The van der Waals surface area contributed by atoms with E-state index in [-0.39, 0.29) is 0 Å². The summed E-state index contributed by atoms with van der Waals surface area (Å²) in [6.07, 6.45) is 2.83. The first-order valence-corrected chi connectivity index (χ1v) is 12.5. The molecule has 0 fully saturated rings. The number of quaternary nitrogens is 1. The van der Waals surface area contributed by atoms with E-state index in [1.807, 2.05) is 24.3 Å². The number of nitrogens with two attached hydrogens (primary N) is 2. The molecule has 0 atom stereocenters. The molecule has 9 heteroatoms. The molecule has 0 radical (unpaired) electrons. The summed E-state index contributed by atoms with van der Waals surface area (Å²) >= 11 is 1.73. The van der Waals surface area contributed by atoms with Gasteiger partial charge in [0, 0.05) is 49.4 Å². The Balaban J connectivity index is 1.38. The van der Waals surface area contributed by atoms with Crippen molar-refractivity contribution in [2.24, 2.45) is 0 Å². The number of anilines is 1. The molecule has 0 aliphatic heterocycles. The molecule has 2 aromatic carbocycles. The Morgan fingerprint density at radius 3 is 2.74 bits per heavy atom. The number of hydrogen-bond acceptors (Lipinski definition) is 7.